The first-order valence-corrected chi connectivity index (χ1v) is 6.52. The Morgan fingerprint density at radius 2 is 1.70 bits per heavy atom. The summed E-state index contributed by atoms with van der Waals surface area (Å²) in [5, 5.41) is 2.25. The minimum Gasteiger partial charge on any atom is -0.290 e. The monoisotopic (exact) mass is 262 g/mol. The Labute approximate surface area is 117 Å². The largest absolute Gasteiger partial charge is 0.290 e. The summed E-state index contributed by atoms with van der Waals surface area (Å²) in [5.74, 6) is 0.227. The Hall–Kier alpha value is -2.55. The molecule has 2 aromatic carbocycles. The fourth-order valence-electron chi connectivity index (χ4n) is 2.24. The Morgan fingerprint density at radius 3 is 2.50 bits per heavy atom. The number of carbonyl (C=O) groups excluding carboxylic acids is 1. The molecule has 3 aromatic rings. The number of rotatable bonds is 3. The molecule has 0 fully saturated rings. The molecule has 1 aromatic heterocycles. The van der Waals surface area contributed by atoms with Gasteiger partial charge in [-0.25, -0.2) is 9.97 Å². The third-order valence-corrected chi connectivity index (χ3v) is 3.26. The highest BCUT2D eigenvalue weighted by molar-refractivity contribution is 5.97. The zero-order valence-electron chi connectivity index (χ0n) is 11.2. The first-order valence-electron chi connectivity index (χ1n) is 6.52. The van der Waals surface area contributed by atoms with Gasteiger partial charge in [0.05, 0.1) is 0 Å². The van der Waals surface area contributed by atoms with Crippen molar-refractivity contribution in [3.05, 3.63) is 71.8 Å². The predicted octanol–water partition coefficient (Wildman–Crippen LogP) is 3.36. The number of fused-ring (bicyclic) bond motifs is 1. The molecule has 0 saturated carbocycles. The Bertz CT molecular complexity index is 758. The average Bonchev–Trinajstić information content (AvgIpc) is 2.48. The molecular weight excluding hydrogens is 248 g/mol. The normalized spacial score (nSPS) is 10.7. The molecule has 0 aliphatic rings. The standard InChI is InChI=1S/C17H14N2O/c1-12-10-18-17(19-11-12)16(20)9-14-7-4-6-13-5-2-3-8-15(13)14/h2-8,10-11H,9H2,1H3. The van der Waals surface area contributed by atoms with Crippen molar-refractivity contribution in [2.75, 3.05) is 0 Å². The Kier molecular flexibility index (Phi) is 3.25. The molecule has 98 valence electrons. The number of nitrogens with zero attached hydrogens (tertiary/aromatic N) is 2. The average molecular weight is 262 g/mol. The molecule has 0 N–H and O–H groups in total. The van der Waals surface area contributed by atoms with Crippen molar-refractivity contribution in [1.82, 2.24) is 9.97 Å². The summed E-state index contributed by atoms with van der Waals surface area (Å²) in [6.07, 6.45) is 3.66. The quantitative estimate of drug-likeness (QED) is 0.680. The van der Waals surface area contributed by atoms with Crippen LogP contribution in [0.25, 0.3) is 10.8 Å². The van der Waals surface area contributed by atoms with E-state index < -0.39 is 0 Å². The molecule has 0 amide bonds. The second-order valence-electron chi connectivity index (χ2n) is 4.82. The summed E-state index contributed by atoms with van der Waals surface area (Å²) in [4.78, 5) is 20.4. The van der Waals surface area contributed by atoms with Gasteiger partial charge < -0.3 is 0 Å². The minimum atomic E-state index is -0.0543. The van der Waals surface area contributed by atoms with Crippen molar-refractivity contribution in [1.29, 1.82) is 0 Å². The van der Waals surface area contributed by atoms with E-state index in [1.807, 2.05) is 49.4 Å². The molecule has 0 unspecified atom stereocenters. The zero-order valence-corrected chi connectivity index (χ0v) is 11.2. The van der Waals surface area contributed by atoms with Crippen LogP contribution in [0.3, 0.4) is 0 Å². The van der Waals surface area contributed by atoms with Gasteiger partial charge in [0, 0.05) is 18.8 Å². The van der Waals surface area contributed by atoms with Crippen LogP contribution in [0.15, 0.2) is 54.9 Å². The van der Waals surface area contributed by atoms with E-state index in [0.717, 1.165) is 21.9 Å². The van der Waals surface area contributed by atoms with Crippen LogP contribution < -0.4 is 0 Å². The number of benzene rings is 2. The summed E-state index contributed by atoms with van der Waals surface area (Å²) < 4.78 is 0. The molecule has 0 radical (unpaired) electrons. The summed E-state index contributed by atoms with van der Waals surface area (Å²) in [5.41, 5.74) is 1.96. The van der Waals surface area contributed by atoms with Crippen LogP contribution in [0.1, 0.15) is 21.7 Å². The molecule has 3 rings (SSSR count). The van der Waals surface area contributed by atoms with Crippen LogP contribution in [0.5, 0.6) is 0 Å². The van der Waals surface area contributed by atoms with E-state index in [0.29, 0.717) is 6.42 Å². The van der Waals surface area contributed by atoms with E-state index in [1.54, 1.807) is 12.4 Å². The van der Waals surface area contributed by atoms with Gasteiger partial charge in [-0.2, -0.15) is 0 Å². The number of aryl methyl sites for hydroxylation is 1. The van der Waals surface area contributed by atoms with Crippen molar-refractivity contribution >= 4 is 16.6 Å². The summed E-state index contributed by atoms with van der Waals surface area (Å²) in [6, 6.07) is 14.1. The fourth-order valence-corrected chi connectivity index (χ4v) is 2.24. The maximum Gasteiger partial charge on any atom is 0.204 e. The van der Waals surface area contributed by atoms with Gasteiger partial charge >= 0.3 is 0 Å². The smallest absolute Gasteiger partial charge is 0.204 e. The summed E-state index contributed by atoms with van der Waals surface area (Å²) in [7, 11) is 0. The maximum atomic E-state index is 12.2. The number of Topliss-reactive ketones (excluding diaryl/α,β-unsaturated/α-hetero) is 1. The molecule has 0 saturated heterocycles. The first kappa shape index (κ1) is 12.5. The topological polar surface area (TPSA) is 42.9 Å². The predicted molar refractivity (Wildman–Crippen MR) is 78.8 cm³/mol. The van der Waals surface area contributed by atoms with Crippen molar-refractivity contribution in [3.63, 3.8) is 0 Å². The summed E-state index contributed by atoms with van der Waals surface area (Å²) in [6.45, 7) is 1.90. The Morgan fingerprint density at radius 1 is 1.00 bits per heavy atom. The van der Waals surface area contributed by atoms with E-state index in [2.05, 4.69) is 9.97 Å². The second-order valence-corrected chi connectivity index (χ2v) is 4.82. The summed E-state index contributed by atoms with van der Waals surface area (Å²) >= 11 is 0. The van der Waals surface area contributed by atoms with Crippen LogP contribution in [0.2, 0.25) is 0 Å². The van der Waals surface area contributed by atoms with E-state index in [1.165, 1.54) is 0 Å². The van der Waals surface area contributed by atoms with Crippen molar-refractivity contribution in [2.45, 2.75) is 13.3 Å². The highest BCUT2D eigenvalue weighted by atomic mass is 16.1. The molecule has 1 heterocycles. The lowest BCUT2D eigenvalue weighted by Crippen LogP contribution is -2.08. The second kappa shape index (κ2) is 5.21. The van der Waals surface area contributed by atoms with Gasteiger partial charge in [0.15, 0.2) is 5.82 Å². The van der Waals surface area contributed by atoms with Gasteiger partial charge in [-0.1, -0.05) is 42.5 Å². The molecule has 0 aliphatic carbocycles. The van der Waals surface area contributed by atoms with Crippen LogP contribution in [0.4, 0.5) is 0 Å². The van der Waals surface area contributed by atoms with Gasteiger partial charge in [-0.3, -0.25) is 4.79 Å². The Balaban J connectivity index is 1.93. The fraction of sp³-hybridized carbons (Fsp3) is 0.118. The molecule has 0 spiro atoms. The number of carbonyl (C=O) groups is 1. The lowest BCUT2D eigenvalue weighted by atomic mass is 10.0. The number of aromatic nitrogens is 2. The van der Waals surface area contributed by atoms with E-state index >= 15 is 0 Å². The molecular formula is C17H14N2O. The van der Waals surface area contributed by atoms with Crippen molar-refractivity contribution in [3.8, 4) is 0 Å². The van der Waals surface area contributed by atoms with Gasteiger partial charge in [-0.15, -0.1) is 0 Å². The van der Waals surface area contributed by atoms with Gasteiger partial charge in [0.25, 0.3) is 0 Å². The van der Waals surface area contributed by atoms with Gasteiger partial charge in [0.2, 0.25) is 5.78 Å². The molecule has 0 bridgehead atoms. The molecule has 0 atom stereocenters. The third-order valence-electron chi connectivity index (χ3n) is 3.26. The first-order chi connectivity index (χ1) is 9.74. The lowest BCUT2D eigenvalue weighted by molar-refractivity contribution is 0.0983. The minimum absolute atomic E-state index is 0.0543. The number of hydrogen-bond acceptors (Lipinski definition) is 3. The SMILES string of the molecule is Cc1cnc(C(=O)Cc2cccc3ccccc23)nc1. The van der Waals surface area contributed by atoms with Crippen molar-refractivity contribution in [2.24, 2.45) is 0 Å². The van der Waals surface area contributed by atoms with Crippen LogP contribution >= 0.6 is 0 Å². The van der Waals surface area contributed by atoms with Gasteiger partial charge in [0.1, 0.15) is 0 Å². The number of ketones is 1. The molecule has 3 nitrogen and oxygen atoms in total. The zero-order chi connectivity index (χ0) is 13.9. The van der Waals surface area contributed by atoms with Gasteiger partial charge in [-0.05, 0) is 28.8 Å². The van der Waals surface area contributed by atoms with Crippen molar-refractivity contribution < 1.29 is 4.79 Å². The van der Waals surface area contributed by atoms with Crippen LogP contribution in [-0.4, -0.2) is 15.8 Å². The number of hydrogen-bond donors (Lipinski definition) is 0. The van der Waals surface area contributed by atoms with E-state index in [4.69, 9.17) is 0 Å². The highest BCUT2D eigenvalue weighted by Gasteiger charge is 2.11. The lowest BCUT2D eigenvalue weighted by Gasteiger charge is -2.05. The van der Waals surface area contributed by atoms with E-state index in [9.17, 15) is 4.79 Å². The maximum absolute atomic E-state index is 12.2. The molecule has 3 heteroatoms. The highest BCUT2D eigenvalue weighted by Crippen LogP contribution is 2.19. The molecule has 20 heavy (non-hydrogen) atoms. The van der Waals surface area contributed by atoms with Crippen LogP contribution in [-0.2, 0) is 6.42 Å². The third kappa shape index (κ3) is 2.43. The van der Waals surface area contributed by atoms with Crippen LogP contribution in [0, 0.1) is 6.92 Å². The van der Waals surface area contributed by atoms with E-state index in [-0.39, 0.29) is 11.6 Å². The molecule has 0 aliphatic heterocycles.